The fourth-order valence-electron chi connectivity index (χ4n) is 2.35. The Bertz CT molecular complexity index is 1040. The highest BCUT2D eigenvalue weighted by Crippen LogP contribution is 2.10. The van der Waals surface area contributed by atoms with Crippen molar-refractivity contribution in [3.63, 3.8) is 0 Å². The summed E-state index contributed by atoms with van der Waals surface area (Å²) in [5.74, 6) is -1.62. The van der Waals surface area contributed by atoms with E-state index in [2.05, 4.69) is 4.98 Å². The summed E-state index contributed by atoms with van der Waals surface area (Å²) in [6.45, 7) is -0.0808. The molecule has 1 aromatic heterocycles. The molecule has 0 radical (unpaired) electrons. The number of fused-ring (bicyclic) bond motifs is 1. The van der Waals surface area contributed by atoms with Crippen LogP contribution in [0.2, 0.25) is 0 Å². The molecule has 7 heteroatoms. The second-order valence-electron chi connectivity index (χ2n) is 5.02. The first-order chi connectivity index (χ1) is 11.0. The van der Waals surface area contributed by atoms with Crippen molar-refractivity contribution in [1.82, 2.24) is 9.55 Å². The number of hydrogen-bond acceptors (Lipinski definition) is 3. The number of carbonyl (C=O) groups is 1. The van der Waals surface area contributed by atoms with E-state index in [1.807, 2.05) is 0 Å². The number of hydrogen-bond donors (Lipinski definition) is 2. The molecule has 0 aliphatic carbocycles. The molecule has 0 aliphatic rings. The molecule has 0 saturated heterocycles. The lowest BCUT2D eigenvalue weighted by Crippen LogP contribution is -2.35. The topological polar surface area (TPSA) is 92.2 Å². The molecule has 0 saturated carbocycles. The van der Waals surface area contributed by atoms with E-state index >= 15 is 0 Å². The maximum absolute atomic E-state index is 13.2. The predicted octanol–water partition coefficient (Wildman–Crippen LogP) is 1.58. The highest BCUT2D eigenvalue weighted by atomic mass is 19.1. The number of aromatic amines is 1. The van der Waals surface area contributed by atoms with Gasteiger partial charge in [0.25, 0.3) is 5.56 Å². The summed E-state index contributed by atoms with van der Waals surface area (Å²) < 4.78 is 14.2. The fourth-order valence-corrected chi connectivity index (χ4v) is 2.35. The van der Waals surface area contributed by atoms with Gasteiger partial charge in [-0.15, -0.1) is 0 Å². The van der Waals surface area contributed by atoms with Gasteiger partial charge in [-0.25, -0.2) is 14.0 Å². The molecule has 0 bridgehead atoms. The van der Waals surface area contributed by atoms with E-state index in [4.69, 9.17) is 5.11 Å². The second kappa shape index (κ2) is 5.53. The first-order valence-electron chi connectivity index (χ1n) is 6.70. The number of carboxylic acids is 1. The van der Waals surface area contributed by atoms with E-state index in [1.165, 1.54) is 36.4 Å². The molecule has 0 unspecified atom stereocenters. The van der Waals surface area contributed by atoms with Crippen LogP contribution in [0.5, 0.6) is 0 Å². The molecule has 2 aromatic carbocycles. The summed E-state index contributed by atoms with van der Waals surface area (Å²) in [6.07, 6.45) is 0. The smallest absolute Gasteiger partial charge is 0.335 e. The van der Waals surface area contributed by atoms with Gasteiger partial charge in [0.2, 0.25) is 0 Å². The number of nitrogens with one attached hydrogen (secondary N) is 1. The van der Waals surface area contributed by atoms with Gasteiger partial charge in [0.1, 0.15) is 5.82 Å². The minimum Gasteiger partial charge on any atom is -0.478 e. The van der Waals surface area contributed by atoms with Crippen LogP contribution in [0.4, 0.5) is 4.39 Å². The summed E-state index contributed by atoms with van der Waals surface area (Å²) in [4.78, 5) is 37.9. The third-order valence-corrected chi connectivity index (χ3v) is 3.46. The lowest BCUT2D eigenvalue weighted by atomic mass is 10.1. The molecule has 0 spiro atoms. The number of rotatable bonds is 3. The Morgan fingerprint density at radius 2 is 1.96 bits per heavy atom. The summed E-state index contributed by atoms with van der Waals surface area (Å²) >= 11 is 0. The molecule has 0 amide bonds. The molecule has 116 valence electrons. The van der Waals surface area contributed by atoms with Gasteiger partial charge in [-0.05, 0) is 35.9 Å². The maximum Gasteiger partial charge on any atom is 0.335 e. The Hall–Kier alpha value is -3.22. The van der Waals surface area contributed by atoms with E-state index in [-0.39, 0.29) is 23.0 Å². The van der Waals surface area contributed by atoms with Gasteiger partial charge in [0.15, 0.2) is 0 Å². The number of H-pyrrole nitrogens is 1. The zero-order valence-electron chi connectivity index (χ0n) is 11.7. The number of halogens is 1. The van der Waals surface area contributed by atoms with Crippen LogP contribution >= 0.6 is 0 Å². The molecule has 0 aliphatic heterocycles. The molecular formula is C16H11FN2O4. The summed E-state index contributed by atoms with van der Waals surface area (Å²) in [6, 6.07) is 9.47. The minimum absolute atomic E-state index is 0.0320. The van der Waals surface area contributed by atoms with Gasteiger partial charge in [0, 0.05) is 0 Å². The highest BCUT2D eigenvalue weighted by molar-refractivity contribution is 5.92. The molecule has 23 heavy (non-hydrogen) atoms. The average Bonchev–Trinajstić information content (AvgIpc) is 2.51. The largest absolute Gasteiger partial charge is 0.478 e. The Labute approximate surface area is 128 Å². The third kappa shape index (κ3) is 2.76. The van der Waals surface area contributed by atoms with Gasteiger partial charge < -0.3 is 10.1 Å². The van der Waals surface area contributed by atoms with Crippen molar-refractivity contribution in [3.05, 3.63) is 80.2 Å². The zero-order valence-corrected chi connectivity index (χ0v) is 11.7. The van der Waals surface area contributed by atoms with Crippen LogP contribution in [0, 0.1) is 5.82 Å². The Morgan fingerprint density at radius 3 is 2.65 bits per heavy atom. The maximum atomic E-state index is 13.2. The van der Waals surface area contributed by atoms with Crippen molar-refractivity contribution in [2.45, 2.75) is 6.54 Å². The molecule has 3 aromatic rings. The van der Waals surface area contributed by atoms with Gasteiger partial charge in [-0.3, -0.25) is 9.36 Å². The Balaban J connectivity index is 2.15. The van der Waals surface area contributed by atoms with Crippen LogP contribution in [0.25, 0.3) is 10.9 Å². The summed E-state index contributed by atoms with van der Waals surface area (Å²) in [7, 11) is 0. The van der Waals surface area contributed by atoms with E-state index in [0.717, 1.165) is 4.57 Å². The van der Waals surface area contributed by atoms with Crippen LogP contribution < -0.4 is 11.2 Å². The van der Waals surface area contributed by atoms with Crippen LogP contribution in [-0.2, 0) is 6.54 Å². The zero-order chi connectivity index (χ0) is 16.6. The normalized spacial score (nSPS) is 10.8. The van der Waals surface area contributed by atoms with E-state index in [9.17, 15) is 18.8 Å². The quantitative estimate of drug-likeness (QED) is 0.767. The van der Waals surface area contributed by atoms with E-state index in [1.54, 1.807) is 6.07 Å². The van der Waals surface area contributed by atoms with Crippen LogP contribution in [0.3, 0.4) is 0 Å². The Morgan fingerprint density at radius 1 is 1.17 bits per heavy atom. The van der Waals surface area contributed by atoms with Gasteiger partial charge in [-0.2, -0.15) is 0 Å². The Kier molecular flexibility index (Phi) is 3.53. The summed E-state index contributed by atoms with van der Waals surface area (Å²) in [5.41, 5.74) is -0.663. The third-order valence-electron chi connectivity index (χ3n) is 3.46. The van der Waals surface area contributed by atoms with Crippen LogP contribution in [-0.4, -0.2) is 20.6 Å². The molecule has 6 nitrogen and oxygen atoms in total. The number of aromatic carboxylic acids is 1. The molecule has 0 atom stereocenters. The molecule has 1 heterocycles. The van der Waals surface area contributed by atoms with Gasteiger partial charge in [0.05, 0.1) is 23.0 Å². The lowest BCUT2D eigenvalue weighted by Gasteiger charge is -2.07. The van der Waals surface area contributed by atoms with Crippen molar-refractivity contribution in [3.8, 4) is 0 Å². The second-order valence-corrected chi connectivity index (χ2v) is 5.02. The lowest BCUT2D eigenvalue weighted by molar-refractivity contribution is 0.0697. The number of carboxylic acid groups (broad SMARTS) is 1. The first kappa shape index (κ1) is 14.7. The number of aromatic nitrogens is 2. The summed E-state index contributed by atoms with van der Waals surface area (Å²) in [5, 5.41) is 9.13. The highest BCUT2D eigenvalue weighted by Gasteiger charge is 2.11. The average molecular weight is 314 g/mol. The monoisotopic (exact) mass is 314 g/mol. The number of nitrogens with zero attached hydrogens (tertiary/aromatic N) is 1. The standard InChI is InChI=1S/C16H11FN2O4/c17-11-3-1-2-9(6-11)8-19-14(20)12-5-4-10(15(21)22)7-13(12)18-16(19)23/h1-7H,8H2,(H,18,23)(H,21,22). The van der Waals surface area contributed by atoms with E-state index in [0.29, 0.717) is 5.56 Å². The molecular weight excluding hydrogens is 303 g/mol. The first-order valence-corrected chi connectivity index (χ1v) is 6.70. The van der Waals surface area contributed by atoms with Gasteiger partial charge in [-0.1, -0.05) is 12.1 Å². The molecule has 0 fully saturated rings. The van der Waals surface area contributed by atoms with Crippen molar-refractivity contribution in [2.24, 2.45) is 0 Å². The minimum atomic E-state index is -1.16. The fraction of sp³-hybridized carbons (Fsp3) is 0.0625. The van der Waals surface area contributed by atoms with Crippen molar-refractivity contribution in [1.29, 1.82) is 0 Å². The molecule has 2 N–H and O–H groups in total. The van der Waals surface area contributed by atoms with Crippen molar-refractivity contribution >= 4 is 16.9 Å². The molecule has 3 rings (SSSR count). The van der Waals surface area contributed by atoms with Crippen molar-refractivity contribution < 1.29 is 14.3 Å². The SMILES string of the molecule is O=C(O)c1ccc2c(=O)n(Cc3cccc(F)c3)c(=O)[nH]c2c1. The van der Waals surface area contributed by atoms with Crippen molar-refractivity contribution in [2.75, 3.05) is 0 Å². The van der Waals surface area contributed by atoms with Gasteiger partial charge >= 0.3 is 11.7 Å². The predicted molar refractivity (Wildman–Crippen MR) is 81.3 cm³/mol. The van der Waals surface area contributed by atoms with E-state index < -0.39 is 23.0 Å². The van der Waals surface area contributed by atoms with Crippen LogP contribution in [0.15, 0.2) is 52.1 Å². The van der Waals surface area contributed by atoms with Crippen LogP contribution in [0.1, 0.15) is 15.9 Å². The number of benzene rings is 2.